The van der Waals surface area contributed by atoms with Gasteiger partial charge in [0.2, 0.25) is 0 Å². The van der Waals surface area contributed by atoms with Gasteiger partial charge in [-0.25, -0.2) is 0 Å². The lowest BCUT2D eigenvalue weighted by atomic mass is 9.81. The molecule has 2 aromatic rings. The van der Waals surface area contributed by atoms with Crippen molar-refractivity contribution in [2.24, 2.45) is 5.92 Å². The summed E-state index contributed by atoms with van der Waals surface area (Å²) >= 11 is 0. The van der Waals surface area contributed by atoms with Crippen molar-refractivity contribution in [2.75, 3.05) is 13.2 Å². The van der Waals surface area contributed by atoms with Gasteiger partial charge in [-0.1, -0.05) is 18.2 Å². The molecule has 2 aliphatic rings. The molecule has 1 aliphatic carbocycles. The second kappa shape index (κ2) is 6.34. The zero-order valence-corrected chi connectivity index (χ0v) is 16.0. The minimum absolute atomic E-state index is 0.0229. The Morgan fingerprint density at radius 1 is 1.19 bits per heavy atom. The Morgan fingerprint density at radius 2 is 1.81 bits per heavy atom. The lowest BCUT2D eigenvalue weighted by molar-refractivity contribution is -0.184. The van der Waals surface area contributed by atoms with Gasteiger partial charge in [0.25, 0.3) is 10.1 Å². The maximum atomic E-state index is 12.0. The molecule has 1 aromatic heterocycles. The molecule has 1 aromatic carbocycles. The zero-order chi connectivity index (χ0) is 18.5. The highest BCUT2D eigenvalue weighted by Gasteiger charge is 2.42. The predicted octanol–water partition coefficient (Wildman–Crippen LogP) is 3.69. The van der Waals surface area contributed by atoms with Gasteiger partial charge >= 0.3 is 0 Å². The van der Waals surface area contributed by atoms with Crippen LogP contribution in [0.2, 0.25) is 0 Å². The molecule has 0 unspecified atom stereocenters. The number of para-hydroxylation sites is 1. The summed E-state index contributed by atoms with van der Waals surface area (Å²) in [5.74, 6) is 0.000977. The van der Waals surface area contributed by atoms with Crippen LogP contribution >= 0.6 is 0 Å². The number of fused-ring (bicyclic) bond motifs is 1. The summed E-state index contributed by atoms with van der Waals surface area (Å²) in [7, 11) is -4.28. The van der Waals surface area contributed by atoms with E-state index < -0.39 is 15.9 Å². The number of hydrogen-bond donors (Lipinski definition) is 1. The van der Waals surface area contributed by atoms with E-state index in [9.17, 15) is 13.0 Å². The molecule has 1 saturated heterocycles. The molecule has 1 spiro atoms. The second-order valence-electron chi connectivity index (χ2n) is 7.46. The van der Waals surface area contributed by atoms with Crippen molar-refractivity contribution in [2.45, 2.75) is 56.3 Å². The van der Waals surface area contributed by atoms with Gasteiger partial charge in [-0.3, -0.25) is 4.55 Å². The standard InChI is InChI=1S/C19H25NO5S/c1-13(15-7-9-19(10-8-15)24-11-12-25-19)20-14(2)18(26(21,22)23)16-5-3-4-6-17(16)20/h3-6,13,15H,7-12H2,1-2H3,(H,21,22,23)/t13-/m1/s1. The van der Waals surface area contributed by atoms with E-state index in [1.165, 1.54) is 0 Å². The van der Waals surface area contributed by atoms with E-state index in [0.29, 0.717) is 30.2 Å². The maximum Gasteiger partial charge on any atom is 0.296 e. The van der Waals surface area contributed by atoms with Crippen molar-refractivity contribution in [1.82, 2.24) is 4.57 Å². The maximum absolute atomic E-state index is 12.0. The van der Waals surface area contributed by atoms with Crippen LogP contribution in [0.25, 0.3) is 10.9 Å². The summed E-state index contributed by atoms with van der Waals surface area (Å²) in [4.78, 5) is 0.0229. The smallest absolute Gasteiger partial charge is 0.296 e. The van der Waals surface area contributed by atoms with E-state index in [0.717, 1.165) is 31.2 Å². The van der Waals surface area contributed by atoms with Crippen LogP contribution < -0.4 is 0 Å². The molecule has 1 N–H and O–H groups in total. The number of benzene rings is 1. The van der Waals surface area contributed by atoms with Gasteiger partial charge < -0.3 is 14.0 Å². The molecule has 6 nitrogen and oxygen atoms in total. The van der Waals surface area contributed by atoms with Crippen LogP contribution in [-0.2, 0) is 19.6 Å². The van der Waals surface area contributed by atoms with Gasteiger partial charge in [-0.2, -0.15) is 8.42 Å². The SMILES string of the molecule is Cc1c(S(=O)(=O)O)c2ccccc2n1[C@H](C)C1CCC2(CC1)OCCO2. The largest absolute Gasteiger partial charge is 0.348 e. The first-order valence-electron chi connectivity index (χ1n) is 9.17. The van der Waals surface area contributed by atoms with Crippen molar-refractivity contribution in [3.8, 4) is 0 Å². The number of hydrogen-bond acceptors (Lipinski definition) is 4. The normalized spacial score (nSPS) is 22.3. The summed E-state index contributed by atoms with van der Waals surface area (Å²) in [5, 5.41) is 0.578. The molecule has 1 saturated carbocycles. The average Bonchev–Trinajstić information content (AvgIpc) is 3.16. The van der Waals surface area contributed by atoms with Crippen LogP contribution in [0.15, 0.2) is 29.2 Å². The van der Waals surface area contributed by atoms with Crippen LogP contribution in [0.1, 0.15) is 44.3 Å². The van der Waals surface area contributed by atoms with E-state index >= 15 is 0 Å². The van der Waals surface area contributed by atoms with Gasteiger partial charge in [0.15, 0.2) is 5.79 Å². The first kappa shape index (κ1) is 18.0. The predicted molar refractivity (Wildman–Crippen MR) is 97.8 cm³/mol. The molecule has 2 fully saturated rings. The fourth-order valence-electron chi connectivity index (χ4n) is 4.77. The first-order chi connectivity index (χ1) is 12.3. The van der Waals surface area contributed by atoms with E-state index in [4.69, 9.17) is 9.47 Å². The molecule has 1 aliphatic heterocycles. The fourth-order valence-corrected chi connectivity index (χ4v) is 5.69. The molecule has 0 radical (unpaired) electrons. The van der Waals surface area contributed by atoms with Gasteiger partial charge in [0.1, 0.15) is 4.90 Å². The summed E-state index contributed by atoms with van der Waals surface area (Å²) < 4.78 is 47.4. The first-order valence-corrected chi connectivity index (χ1v) is 10.6. The zero-order valence-electron chi connectivity index (χ0n) is 15.1. The Morgan fingerprint density at radius 3 is 2.42 bits per heavy atom. The highest BCUT2D eigenvalue weighted by atomic mass is 32.2. The molecule has 142 valence electrons. The van der Waals surface area contributed by atoms with Crippen LogP contribution in [0.5, 0.6) is 0 Å². The van der Waals surface area contributed by atoms with Crippen molar-refractivity contribution in [3.63, 3.8) is 0 Å². The number of rotatable bonds is 3. The van der Waals surface area contributed by atoms with E-state index in [-0.39, 0.29) is 10.9 Å². The van der Waals surface area contributed by atoms with Crippen LogP contribution in [0.3, 0.4) is 0 Å². The minimum Gasteiger partial charge on any atom is -0.348 e. The molecule has 4 rings (SSSR count). The lowest BCUT2D eigenvalue weighted by Gasteiger charge is -2.38. The number of nitrogens with zero attached hydrogens (tertiary/aromatic N) is 1. The summed E-state index contributed by atoms with van der Waals surface area (Å²) in [6, 6.07) is 7.49. The van der Waals surface area contributed by atoms with Crippen molar-refractivity contribution in [1.29, 1.82) is 0 Å². The molecule has 0 bridgehead atoms. The van der Waals surface area contributed by atoms with Crippen LogP contribution in [-0.4, -0.2) is 36.5 Å². The summed E-state index contributed by atoms with van der Waals surface area (Å²) in [6.45, 7) is 5.23. The van der Waals surface area contributed by atoms with E-state index in [1.807, 2.05) is 12.1 Å². The highest BCUT2D eigenvalue weighted by molar-refractivity contribution is 7.86. The third kappa shape index (κ3) is 2.87. The van der Waals surface area contributed by atoms with E-state index in [2.05, 4.69) is 11.5 Å². The van der Waals surface area contributed by atoms with Gasteiger partial charge in [0.05, 0.1) is 13.2 Å². The Balaban J connectivity index is 1.70. The fraction of sp³-hybridized carbons (Fsp3) is 0.579. The quantitative estimate of drug-likeness (QED) is 0.823. The molecule has 2 heterocycles. The third-order valence-electron chi connectivity index (χ3n) is 6.05. The topological polar surface area (TPSA) is 77.8 Å². The summed E-state index contributed by atoms with van der Waals surface area (Å²) in [5.41, 5.74) is 1.44. The van der Waals surface area contributed by atoms with Crippen LogP contribution in [0, 0.1) is 12.8 Å². The summed E-state index contributed by atoms with van der Waals surface area (Å²) in [6.07, 6.45) is 3.67. The van der Waals surface area contributed by atoms with Crippen molar-refractivity contribution < 1.29 is 22.4 Å². The second-order valence-corrected chi connectivity index (χ2v) is 8.82. The third-order valence-corrected chi connectivity index (χ3v) is 7.08. The Kier molecular flexibility index (Phi) is 4.38. The van der Waals surface area contributed by atoms with Gasteiger partial charge in [-0.05, 0) is 38.7 Å². The van der Waals surface area contributed by atoms with Crippen LogP contribution in [0.4, 0.5) is 0 Å². The molecule has 7 heteroatoms. The Bertz CT molecular complexity index is 917. The molecule has 26 heavy (non-hydrogen) atoms. The van der Waals surface area contributed by atoms with Gasteiger partial charge in [-0.15, -0.1) is 0 Å². The molecular formula is C19H25NO5S. The molecule has 0 amide bonds. The average molecular weight is 379 g/mol. The highest BCUT2D eigenvalue weighted by Crippen LogP contribution is 2.44. The van der Waals surface area contributed by atoms with E-state index in [1.54, 1.807) is 19.1 Å². The van der Waals surface area contributed by atoms with Crippen molar-refractivity contribution in [3.05, 3.63) is 30.0 Å². The Hall–Kier alpha value is -1.41. The van der Waals surface area contributed by atoms with Gasteiger partial charge in [0, 0.05) is 35.5 Å². The molecular weight excluding hydrogens is 354 g/mol. The van der Waals surface area contributed by atoms with Crippen molar-refractivity contribution >= 4 is 21.0 Å². The molecule has 1 atom stereocenters. The minimum atomic E-state index is -4.28. The number of ether oxygens (including phenoxy) is 2. The lowest BCUT2D eigenvalue weighted by Crippen LogP contribution is -2.37. The Labute approximate surface area is 153 Å². The number of aromatic nitrogens is 1. The monoisotopic (exact) mass is 379 g/mol.